The number of benzene rings is 3. The van der Waals surface area contributed by atoms with Crippen LogP contribution < -0.4 is 9.80 Å². The third kappa shape index (κ3) is 7.36. The zero-order valence-electron chi connectivity index (χ0n) is 24.6. The molecule has 3 aromatic rings. The van der Waals surface area contributed by atoms with Crippen molar-refractivity contribution in [2.24, 2.45) is 0 Å². The van der Waals surface area contributed by atoms with Gasteiger partial charge in [0.05, 0.1) is 26.4 Å². The first-order valence-corrected chi connectivity index (χ1v) is 13.8. The maximum absolute atomic E-state index is 13.8. The molecule has 0 aliphatic carbocycles. The molecular formula is C33H41N3O4. The number of hydrogen-bond donors (Lipinski definition) is 0. The first kappa shape index (κ1) is 29.5. The van der Waals surface area contributed by atoms with Gasteiger partial charge in [-0.15, -0.1) is 0 Å². The molecule has 0 saturated heterocycles. The third-order valence-corrected chi connectivity index (χ3v) is 7.27. The molecule has 0 aromatic heterocycles. The lowest BCUT2D eigenvalue weighted by Crippen LogP contribution is -2.30. The zero-order chi connectivity index (χ0) is 28.9. The number of fused-ring (bicyclic) bond motifs is 6. The molecule has 0 N–H and O–H groups in total. The van der Waals surface area contributed by atoms with E-state index in [-0.39, 0.29) is 17.2 Å². The van der Waals surface area contributed by atoms with Crippen molar-refractivity contribution in [3.63, 3.8) is 0 Å². The summed E-state index contributed by atoms with van der Waals surface area (Å²) < 4.78 is 11.9. The molecule has 212 valence electrons. The fourth-order valence-corrected chi connectivity index (χ4v) is 4.57. The smallest absolute Gasteiger partial charge is 0.258 e. The molecule has 0 atom stereocenters. The van der Waals surface area contributed by atoms with Gasteiger partial charge in [0.2, 0.25) is 0 Å². The third-order valence-electron chi connectivity index (χ3n) is 7.27. The molecule has 2 amide bonds. The second kappa shape index (κ2) is 12.8. The Labute approximate surface area is 238 Å². The molecule has 0 spiro atoms. The largest absolute Gasteiger partial charge is 0.375 e. The number of amides is 2. The van der Waals surface area contributed by atoms with Gasteiger partial charge in [0.25, 0.3) is 11.8 Å². The number of ether oxygens (including phenoxy) is 2. The second-order valence-corrected chi connectivity index (χ2v) is 11.5. The van der Waals surface area contributed by atoms with E-state index in [2.05, 4.69) is 25.7 Å². The maximum Gasteiger partial charge on any atom is 0.258 e. The van der Waals surface area contributed by atoms with Crippen molar-refractivity contribution in [3.05, 3.63) is 94.5 Å². The van der Waals surface area contributed by atoms with Crippen LogP contribution >= 0.6 is 0 Å². The molecule has 7 heteroatoms. The van der Waals surface area contributed by atoms with E-state index < -0.39 is 0 Å². The van der Waals surface area contributed by atoms with Crippen LogP contribution in [0.15, 0.2) is 66.7 Å². The molecule has 0 unspecified atom stereocenters. The van der Waals surface area contributed by atoms with E-state index in [1.165, 1.54) is 0 Å². The molecule has 1 heterocycles. The van der Waals surface area contributed by atoms with Gasteiger partial charge < -0.3 is 24.2 Å². The summed E-state index contributed by atoms with van der Waals surface area (Å²) in [5, 5.41) is 0. The van der Waals surface area contributed by atoms with Crippen LogP contribution in [0.25, 0.3) is 0 Å². The Morgan fingerprint density at radius 1 is 0.650 bits per heavy atom. The van der Waals surface area contributed by atoms with Crippen LogP contribution in [-0.2, 0) is 28.1 Å². The van der Waals surface area contributed by atoms with Gasteiger partial charge in [0.15, 0.2) is 0 Å². The highest BCUT2D eigenvalue weighted by Crippen LogP contribution is 2.28. The van der Waals surface area contributed by atoms with Crippen molar-refractivity contribution < 1.29 is 19.1 Å². The minimum absolute atomic E-state index is 0.177. The van der Waals surface area contributed by atoms with Gasteiger partial charge in [0.1, 0.15) is 0 Å². The molecule has 40 heavy (non-hydrogen) atoms. The minimum Gasteiger partial charge on any atom is -0.375 e. The van der Waals surface area contributed by atoms with Gasteiger partial charge >= 0.3 is 0 Å². The average Bonchev–Trinajstić information content (AvgIpc) is 2.95. The number of likely N-dealkylation sites (N-methyl/N-ethyl adjacent to an activating group) is 1. The van der Waals surface area contributed by atoms with Crippen molar-refractivity contribution in [1.29, 1.82) is 0 Å². The van der Waals surface area contributed by atoms with Crippen LogP contribution in [-0.4, -0.2) is 64.2 Å². The molecule has 0 saturated carbocycles. The fraction of sp³-hybridized carbons (Fsp3) is 0.394. The highest BCUT2D eigenvalue weighted by molar-refractivity contribution is 6.10. The van der Waals surface area contributed by atoms with E-state index in [1.54, 1.807) is 30.0 Å². The lowest BCUT2D eigenvalue weighted by Gasteiger charge is -2.25. The molecule has 0 fully saturated rings. The zero-order valence-corrected chi connectivity index (χ0v) is 24.6. The average molecular weight is 544 g/mol. The summed E-state index contributed by atoms with van der Waals surface area (Å²) in [4.78, 5) is 33.0. The Balaban J connectivity index is 1.73. The highest BCUT2D eigenvalue weighted by atomic mass is 16.5. The minimum atomic E-state index is -0.254. The van der Waals surface area contributed by atoms with Gasteiger partial charge in [-0.2, -0.15) is 0 Å². The van der Waals surface area contributed by atoms with Crippen molar-refractivity contribution >= 4 is 23.2 Å². The quantitative estimate of drug-likeness (QED) is 0.374. The molecule has 4 rings (SSSR count). The number of rotatable bonds is 0. The molecule has 6 bridgehead atoms. The summed E-state index contributed by atoms with van der Waals surface area (Å²) in [6.07, 6.45) is 0. The number of anilines is 2. The topological polar surface area (TPSA) is 62.3 Å². The van der Waals surface area contributed by atoms with Crippen molar-refractivity contribution in [1.82, 2.24) is 4.90 Å². The van der Waals surface area contributed by atoms with Crippen LogP contribution in [0.2, 0.25) is 0 Å². The predicted octanol–water partition coefficient (Wildman–Crippen LogP) is 5.52. The summed E-state index contributed by atoms with van der Waals surface area (Å²) >= 11 is 0. The van der Waals surface area contributed by atoms with Crippen LogP contribution in [0.3, 0.4) is 0 Å². The highest BCUT2D eigenvalue weighted by Gasteiger charge is 2.24. The number of carbonyl (C=O) groups is 2. The Hall–Kier alpha value is -3.52. The Bertz CT molecular complexity index is 1260. The van der Waals surface area contributed by atoms with Crippen LogP contribution in [0.1, 0.15) is 58.2 Å². The van der Waals surface area contributed by atoms with Gasteiger partial charge in [0, 0.05) is 49.7 Å². The second-order valence-electron chi connectivity index (χ2n) is 11.5. The summed E-state index contributed by atoms with van der Waals surface area (Å²) in [6, 6.07) is 21.1. The monoisotopic (exact) mass is 543 g/mol. The number of carbonyl (C=O) groups excluding carboxylic acids is 2. The SMILES string of the molecule is CN1CCOCc2cccc(c2)N(C)C(=O)c2cc(cc(C(C)(C)C)c2)C(=O)N(C)c2cccc(c2)COCC1. The predicted molar refractivity (Wildman–Crippen MR) is 160 cm³/mol. The molecular weight excluding hydrogens is 502 g/mol. The van der Waals surface area contributed by atoms with Crippen molar-refractivity contribution in [3.8, 4) is 0 Å². The van der Waals surface area contributed by atoms with Crippen molar-refractivity contribution in [2.45, 2.75) is 39.4 Å². The molecule has 1 aliphatic heterocycles. The standard InChI is InChI=1S/C33H41N3O4/c1-33(2,3)28-20-26-19-27(21-28)32(38)36(6)30-12-8-10-25(18-30)23-40-16-14-34(4)13-15-39-22-24-9-7-11-29(17-24)35(5)31(26)37/h7-12,17-21H,13-16,22-23H2,1-6H3. The van der Waals surface area contributed by atoms with Gasteiger partial charge in [-0.3, -0.25) is 9.59 Å². The summed E-state index contributed by atoms with van der Waals surface area (Å²) in [5.41, 5.74) is 5.14. The van der Waals surface area contributed by atoms with Crippen LogP contribution in [0, 0.1) is 0 Å². The van der Waals surface area contributed by atoms with Gasteiger partial charge in [-0.05, 0) is 71.6 Å². The Morgan fingerprint density at radius 3 is 1.52 bits per heavy atom. The number of nitrogens with zero attached hydrogens (tertiary/aromatic N) is 3. The first-order valence-electron chi connectivity index (χ1n) is 13.8. The van der Waals surface area contributed by atoms with E-state index in [0.717, 1.165) is 41.2 Å². The van der Waals surface area contributed by atoms with E-state index in [1.807, 2.05) is 67.7 Å². The first-order chi connectivity index (χ1) is 19.0. The van der Waals surface area contributed by atoms with E-state index in [4.69, 9.17) is 9.47 Å². The lowest BCUT2D eigenvalue weighted by molar-refractivity contribution is 0.0731. The molecule has 7 nitrogen and oxygen atoms in total. The molecule has 1 aliphatic rings. The molecule has 0 radical (unpaired) electrons. The van der Waals surface area contributed by atoms with Gasteiger partial charge in [-0.25, -0.2) is 0 Å². The number of hydrogen-bond acceptors (Lipinski definition) is 5. The van der Waals surface area contributed by atoms with E-state index in [9.17, 15) is 9.59 Å². The summed E-state index contributed by atoms with van der Waals surface area (Å²) in [7, 11) is 5.58. The Morgan fingerprint density at radius 2 is 1.10 bits per heavy atom. The maximum atomic E-state index is 13.8. The van der Waals surface area contributed by atoms with Gasteiger partial charge in [-0.1, -0.05) is 45.0 Å². The van der Waals surface area contributed by atoms with Crippen LogP contribution in [0.5, 0.6) is 0 Å². The summed E-state index contributed by atoms with van der Waals surface area (Å²) in [6.45, 7) is 9.93. The van der Waals surface area contributed by atoms with E-state index >= 15 is 0 Å². The summed E-state index contributed by atoms with van der Waals surface area (Å²) in [5.74, 6) is -0.354. The molecule has 3 aromatic carbocycles. The van der Waals surface area contributed by atoms with E-state index in [0.29, 0.717) is 37.6 Å². The van der Waals surface area contributed by atoms with Crippen molar-refractivity contribution in [2.75, 3.05) is 57.2 Å². The Kier molecular flexibility index (Phi) is 9.40. The fourth-order valence-electron chi connectivity index (χ4n) is 4.57. The lowest BCUT2D eigenvalue weighted by atomic mass is 9.84. The normalized spacial score (nSPS) is 16.9. The van der Waals surface area contributed by atoms with Crippen LogP contribution in [0.4, 0.5) is 11.4 Å².